The highest BCUT2D eigenvalue weighted by atomic mass is 16.3. The van der Waals surface area contributed by atoms with Crippen LogP contribution in [0.1, 0.15) is 0 Å². The topological polar surface area (TPSA) is 41.8 Å². The van der Waals surface area contributed by atoms with Crippen LogP contribution in [-0.4, -0.2) is 9.97 Å². The Morgan fingerprint density at radius 3 is 2.50 bits per heavy atom. The highest BCUT2D eigenvalue weighted by Gasteiger charge is 2.14. The first-order valence-electron chi connectivity index (χ1n) is 6.50. The Labute approximate surface area is 115 Å². The lowest BCUT2D eigenvalue weighted by atomic mass is 10.1. The molecule has 0 aliphatic rings. The Balaban J connectivity index is 1.89. The van der Waals surface area contributed by atoms with E-state index >= 15 is 0 Å². The van der Waals surface area contributed by atoms with Gasteiger partial charge in [-0.1, -0.05) is 42.5 Å². The zero-order valence-electron chi connectivity index (χ0n) is 10.7. The van der Waals surface area contributed by atoms with Crippen molar-refractivity contribution in [3.8, 4) is 22.7 Å². The Morgan fingerprint density at radius 1 is 0.850 bits per heavy atom. The maximum Gasteiger partial charge on any atom is 0.177 e. The second-order valence-electron chi connectivity index (χ2n) is 4.63. The Bertz CT molecular complexity index is 826. The third kappa shape index (κ3) is 1.72. The summed E-state index contributed by atoms with van der Waals surface area (Å²) in [4.78, 5) is 7.90. The Kier molecular flexibility index (Phi) is 2.42. The van der Waals surface area contributed by atoms with Crippen LogP contribution in [0.4, 0.5) is 0 Å². The quantitative estimate of drug-likeness (QED) is 0.577. The van der Waals surface area contributed by atoms with Crippen LogP contribution in [0.3, 0.4) is 0 Å². The van der Waals surface area contributed by atoms with E-state index in [2.05, 4.69) is 22.1 Å². The molecule has 0 aliphatic carbocycles. The van der Waals surface area contributed by atoms with Crippen LogP contribution in [-0.2, 0) is 0 Å². The number of imidazole rings is 1. The fraction of sp³-hybridized carbons (Fsp3) is 0. The SMILES string of the molecule is c1ccc(-c2ccoc2-c2nc3ccccc3[nH]2)cc1. The monoisotopic (exact) mass is 260 g/mol. The fourth-order valence-electron chi connectivity index (χ4n) is 2.40. The van der Waals surface area contributed by atoms with Gasteiger partial charge in [-0.25, -0.2) is 4.98 Å². The summed E-state index contributed by atoms with van der Waals surface area (Å²) in [6, 6.07) is 20.1. The number of hydrogen-bond acceptors (Lipinski definition) is 2. The van der Waals surface area contributed by atoms with Crippen LogP contribution in [0.5, 0.6) is 0 Å². The summed E-state index contributed by atoms with van der Waals surface area (Å²) < 4.78 is 5.64. The standard InChI is InChI=1S/C17H12N2O/c1-2-6-12(7-3-1)13-10-11-20-16(13)17-18-14-8-4-5-9-15(14)19-17/h1-11H,(H,18,19). The predicted octanol–water partition coefficient (Wildman–Crippen LogP) is 4.49. The van der Waals surface area contributed by atoms with Gasteiger partial charge < -0.3 is 9.40 Å². The Hall–Kier alpha value is -2.81. The van der Waals surface area contributed by atoms with Gasteiger partial charge in [0.2, 0.25) is 0 Å². The van der Waals surface area contributed by atoms with Gasteiger partial charge in [0.1, 0.15) is 0 Å². The number of aromatic amines is 1. The fourth-order valence-corrected chi connectivity index (χ4v) is 2.40. The number of benzene rings is 2. The van der Waals surface area contributed by atoms with E-state index in [4.69, 9.17) is 4.42 Å². The van der Waals surface area contributed by atoms with Crippen LogP contribution < -0.4 is 0 Å². The molecule has 2 aromatic heterocycles. The van der Waals surface area contributed by atoms with Gasteiger partial charge in [0, 0.05) is 5.56 Å². The van der Waals surface area contributed by atoms with E-state index in [9.17, 15) is 0 Å². The second kappa shape index (κ2) is 4.38. The van der Waals surface area contributed by atoms with Crippen molar-refractivity contribution in [2.75, 3.05) is 0 Å². The molecule has 0 saturated heterocycles. The van der Waals surface area contributed by atoms with Gasteiger partial charge >= 0.3 is 0 Å². The molecule has 4 aromatic rings. The minimum Gasteiger partial charge on any atom is -0.460 e. The molecule has 0 atom stereocenters. The minimum atomic E-state index is 0.759. The van der Waals surface area contributed by atoms with Crippen LogP contribution in [0.25, 0.3) is 33.7 Å². The van der Waals surface area contributed by atoms with Crippen molar-refractivity contribution < 1.29 is 4.42 Å². The number of H-pyrrole nitrogens is 1. The highest BCUT2D eigenvalue weighted by Crippen LogP contribution is 2.32. The average Bonchev–Trinajstić information content (AvgIpc) is 3.14. The molecule has 3 nitrogen and oxygen atoms in total. The summed E-state index contributed by atoms with van der Waals surface area (Å²) in [5.41, 5.74) is 4.12. The van der Waals surface area contributed by atoms with E-state index in [1.165, 1.54) is 0 Å². The minimum absolute atomic E-state index is 0.759. The zero-order valence-corrected chi connectivity index (χ0v) is 10.7. The van der Waals surface area contributed by atoms with Crippen LogP contribution in [0.15, 0.2) is 71.3 Å². The molecule has 0 bridgehead atoms. The Morgan fingerprint density at radius 2 is 1.65 bits per heavy atom. The van der Waals surface area contributed by atoms with Crippen molar-refractivity contribution in [3.63, 3.8) is 0 Å². The molecule has 0 saturated carbocycles. The average molecular weight is 260 g/mol. The molecule has 4 rings (SSSR count). The first-order valence-corrected chi connectivity index (χ1v) is 6.50. The molecule has 1 N–H and O–H groups in total. The molecule has 0 spiro atoms. The van der Waals surface area contributed by atoms with Crippen molar-refractivity contribution >= 4 is 11.0 Å². The predicted molar refractivity (Wildman–Crippen MR) is 79.2 cm³/mol. The normalized spacial score (nSPS) is 11.0. The molecule has 2 heterocycles. The third-order valence-electron chi connectivity index (χ3n) is 3.35. The van der Waals surface area contributed by atoms with E-state index in [0.717, 1.165) is 33.7 Å². The third-order valence-corrected chi connectivity index (χ3v) is 3.35. The van der Waals surface area contributed by atoms with E-state index in [-0.39, 0.29) is 0 Å². The summed E-state index contributed by atoms with van der Waals surface area (Å²) in [7, 11) is 0. The first kappa shape index (κ1) is 11.1. The van der Waals surface area contributed by atoms with Crippen LogP contribution >= 0.6 is 0 Å². The number of aromatic nitrogens is 2. The molecule has 20 heavy (non-hydrogen) atoms. The number of para-hydroxylation sites is 2. The summed E-state index contributed by atoms with van der Waals surface area (Å²) in [6.07, 6.45) is 1.70. The van der Waals surface area contributed by atoms with Crippen molar-refractivity contribution in [3.05, 3.63) is 66.9 Å². The molecule has 2 aromatic carbocycles. The smallest absolute Gasteiger partial charge is 0.177 e. The summed E-state index contributed by atoms with van der Waals surface area (Å²) in [5, 5.41) is 0. The number of rotatable bonds is 2. The van der Waals surface area contributed by atoms with Gasteiger partial charge in [-0.2, -0.15) is 0 Å². The van der Waals surface area contributed by atoms with E-state index in [0.29, 0.717) is 0 Å². The molecule has 3 heteroatoms. The number of furan rings is 1. The molecule has 0 unspecified atom stereocenters. The number of hydrogen-bond donors (Lipinski definition) is 1. The van der Waals surface area contributed by atoms with Gasteiger partial charge in [-0.15, -0.1) is 0 Å². The molecular weight excluding hydrogens is 248 g/mol. The lowest BCUT2D eigenvalue weighted by Gasteiger charge is -1.99. The van der Waals surface area contributed by atoms with Gasteiger partial charge in [-0.05, 0) is 23.8 Å². The van der Waals surface area contributed by atoms with E-state index < -0.39 is 0 Å². The first-order chi connectivity index (χ1) is 9.92. The highest BCUT2D eigenvalue weighted by molar-refractivity contribution is 5.83. The number of fused-ring (bicyclic) bond motifs is 1. The van der Waals surface area contributed by atoms with Crippen molar-refractivity contribution in [1.82, 2.24) is 9.97 Å². The second-order valence-corrected chi connectivity index (χ2v) is 4.63. The number of nitrogens with one attached hydrogen (secondary N) is 1. The summed E-state index contributed by atoms with van der Waals surface area (Å²) in [5.74, 6) is 1.53. The number of nitrogens with zero attached hydrogens (tertiary/aromatic N) is 1. The molecular formula is C17H12N2O. The van der Waals surface area contributed by atoms with Gasteiger partial charge in [-0.3, -0.25) is 0 Å². The lowest BCUT2D eigenvalue weighted by Crippen LogP contribution is -1.81. The van der Waals surface area contributed by atoms with E-state index in [1.54, 1.807) is 6.26 Å². The molecule has 0 radical (unpaired) electrons. The van der Waals surface area contributed by atoms with Gasteiger partial charge in [0.05, 0.1) is 17.3 Å². The summed E-state index contributed by atoms with van der Waals surface area (Å²) in [6.45, 7) is 0. The summed E-state index contributed by atoms with van der Waals surface area (Å²) >= 11 is 0. The van der Waals surface area contributed by atoms with Crippen molar-refractivity contribution in [1.29, 1.82) is 0 Å². The van der Waals surface area contributed by atoms with Crippen LogP contribution in [0, 0.1) is 0 Å². The van der Waals surface area contributed by atoms with Crippen molar-refractivity contribution in [2.24, 2.45) is 0 Å². The molecule has 96 valence electrons. The van der Waals surface area contributed by atoms with Crippen molar-refractivity contribution in [2.45, 2.75) is 0 Å². The van der Waals surface area contributed by atoms with Gasteiger partial charge in [0.25, 0.3) is 0 Å². The zero-order chi connectivity index (χ0) is 13.4. The maximum atomic E-state index is 5.64. The lowest BCUT2D eigenvalue weighted by molar-refractivity contribution is 0.579. The maximum absolute atomic E-state index is 5.64. The molecule has 0 aliphatic heterocycles. The molecule has 0 amide bonds. The van der Waals surface area contributed by atoms with E-state index in [1.807, 2.05) is 48.5 Å². The molecule has 0 fully saturated rings. The van der Waals surface area contributed by atoms with Crippen LogP contribution in [0.2, 0.25) is 0 Å². The van der Waals surface area contributed by atoms with Gasteiger partial charge in [0.15, 0.2) is 11.6 Å². The largest absolute Gasteiger partial charge is 0.460 e.